The molecule has 3 aromatic carbocycles. The first-order valence-corrected chi connectivity index (χ1v) is 18.2. The molecule has 9 nitrogen and oxygen atoms in total. The van der Waals surface area contributed by atoms with Gasteiger partial charge in [0.1, 0.15) is 17.2 Å². The lowest BCUT2D eigenvalue weighted by Gasteiger charge is -2.17. The van der Waals surface area contributed by atoms with Crippen LogP contribution in [0.2, 0.25) is 0 Å². The van der Waals surface area contributed by atoms with Crippen LogP contribution in [0.25, 0.3) is 0 Å². The highest BCUT2D eigenvalue weighted by molar-refractivity contribution is 7.97. The molecule has 10 heteroatoms. The first-order valence-electron chi connectivity index (χ1n) is 17.0. The van der Waals surface area contributed by atoms with Crippen LogP contribution in [0.3, 0.4) is 0 Å². The van der Waals surface area contributed by atoms with Crippen LogP contribution in [0.4, 0.5) is 14.4 Å². The van der Waals surface area contributed by atoms with E-state index in [4.69, 9.17) is 28.4 Å². The lowest BCUT2D eigenvalue weighted by Crippen LogP contribution is -2.15. The minimum absolute atomic E-state index is 0.304. The fraction of sp³-hybridized carbons (Fsp3) is 0.462. The summed E-state index contributed by atoms with van der Waals surface area (Å²) >= 11 is 0. The van der Waals surface area contributed by atoms with Crippen LogP contribution in [0, 0.1) is 41.5 Å². The Labute approximate surface area is 293 Å². The highest BCUT2D eigenvalue weighted by atomic mass is 32.2. The van der Waals surface area contributed by atoms with Crippen molar-refractivity contribution in [2.75, 3.05) is 19.8 Å². The number of carbonyl (C=O) groups is 3. The molecule has 0 heterocycles. The second kappa shape index (κ2) is 19.1. The Kier molecular flexibility index (Phi) is 15.3. The Morgan fingerprint density at radius 1 is 0.449 bits per heavy atom. The minimum Gasteiger partial charge on any atom is -0.434 e. The largest absolute Gasteiger partial charge is 0.513 e. The predicted octanol–water partition coefficient (Wildman–Crippen LogP) is 10.6. The molecule has 0 atom stereocenters. The van der Waals surface area contributed by atoms with Crippen LogP contribution in [-0.2, 0) is 25.1 Å². The Morgan fingerprint density at radius 2 is 0.673 bits per heavy atom. The van der Waals surface area contributed by atoms with Gasteiger partial charge in [0, 0.05) is 36.4 Å². The molecular formula is C39H51O9S+. The van der Waals surface area contributed by atoms with E-state index in [0.29, 0.717) is 37.1 Å². The molecule has 266 valence electrons. The number of hydrogen-bond acceptors (Lipinski definition) is 9. The van der Waals surface area contributed by atoms with Crippen LogP contribution in [-0.4, -0.2) is 38.3 Å². The zero-order valence-electron chi connectivity index (χ0n) is 30.4. The molecule has 3 aromatic rings. The normalized spacial score (nSPS) is 10.9. The predicted molar refractivity (Wildman–Crippen MR) is 191 cm³/mol. The molecule has 0 aliphatic carbocycles. The van der Waals surface area contributed by atoms with Crippen LogP contribution in [0.5, 0.6) is 17.2 Å². The van der Waals surface area contributed by atoms with E-state index in [1.807, 2.05) is 98.7 Å². The number of ether oxygens (including phenoxy) is 6. The molecule has 0 aliphatic heterocycles. The molecule has 0 aromatic heterocycles. The SMILES string of the molecule is CCCCOC(=O)Oc1c(C)cc([S+](c2cc(C)c(OC(=O)OCCCC)c(C)c2)c2cc(C)c(OC(=O)OCCCC)c(C)c2)cc1C. The number of hydrogen-bond donors (Lipinski definition) is 0. The molecule has 0 saturated heterocycles. The van der Waals surface area contributed by atoms with Crippen LogP contribution < -0.4 is 14.2 Å². The van der Waals surface area contributed by atoms with Gasteiger partial charge in [0.2, 0.25) is 0 Å². The molecule has 0 fully saturated rings. The van der Waals surface area contributed by atoms with E-state index >= 15 is 0 Å². The summed E-state index contributed by atoms with van der Waals surface area (Å²) < 4.78 is 32.7. The van der Waals surface area contributed by atoms with Gasteiger partial charge in [0.05, 0.1) is 30.7 Å². The van der Waals surface area contributed by atoms with Gasteiger partial charge in [-0.25, -0.2) is 14.4 Å². The zero-order chi connectivity index (χ0) is 36.1. The second-order valence-corrected chi connectivity index (χ2v) is 14.2. The molecule has 0 aliphatic rings. The molecule has 0 N–H and O–H groups in total. The van der Waals surface area contributed by atoms with Crippen molar-refractivity contribution in [3.05, 3.63) is 69.8 Å². The summed E-state index contributed by atoms with van der Waals surface area (Å²) in [5, 5.41) is 0. The highest BCUT2D eigenvalue weighted by Gasteiger charge is 2.33. The average Bonchev–Trinajstić information content (AvgIpc) is 3.03. The number of unbranched alkanes of at least 4 members (excludes halogenated alkanes) is 3. The van der Waals surface area contributed by atoms with Crippen molar-refractivity contribution in [1.82, 2.24) is 0 Å². The van der Waals surface area contributed by atoms with E-state index in [-0.39, 0.29) is 0 Å². The molecule has 0 spiro atoms. The smallest absolute Gasteiger partial charge is 0.434 e. The molecule has 0 amide bonds. The first kappa shape index (κ1) is 39.3. The third-order valence-electron chi connectivity index (χ3n) is 7.72. The maximum Gasteiger partial charge on any atom is 0.513 e. The summed E-state index contributed by atoms with van der Waals surface area (Å²) in [6.07, 6.45) is 2.84. The standard InChI is InChI=1S/C39H51O9S/c1-10-13-16-43-37(40)46-34-25(4)19-31(20-26(34)5)49(32-21-27(6)35(28(7)22-32)47-38(41)44-17-14-11-2)33-23-29(8)36(30(9)24-33)48-39(42)45-18-15-12-3/h19-24H,10-18H2,1-9H3/q+1. The maximum atomic E-state index is 12.4. The Balaban J connectivity index is 2.09. The second-order valence-electron chi connectivity index (χ2n) is 12.1. The monoisotopic (exact) mass is 695 g/mol. The van der Waals surface area contributed by atoms with Gasteiger partial charge in [0.25, 0.3) is 0 Å². The minimum atomic E-state index is -0.725. The average molecular weight is 696 g/mol. The molecule has 0 unspecified atom stereocenters. The molecule has 3 rings (SSSR count). The van der Waals surface area contributed by atoms with Crippen molar-refractivity contribution in [2.45, 2.75) is 116 Å². The van der Waals surface area contributed by atoms with Crippen LogP contribution >= 0.6 is 0 Å². The van der Waals surface area contributed by atoms with E-state index in [1.54, 1.807) is 0 Å². The van der Waals surface area contributed by atoms with Gasteiger partial charge < -0.3 is 28.4 Å². The zero-order valence-corrected chi connectivity index (χ0v) is 31.2. The van der Waals surface area contributed by atoms with E-state index in [1.165, 1.54) is 0 Å². The summed E-state index contributed by atoms with van der Waals surface area (Å²) in [7, 11) is -0.673. The summed E-state index contributed by atoms with van der Waals surface area (Å²) in [5.41, 5.74) is 4.70. The van der Waals surface area contributed by atoms with E-state index in [2.05, 4.69) is 0 Å². The number of carbonyl (C=O) groups excluding carboxylic acids is 3. The topological polar surface area (TPSA) is 107 Å². The molecule has 0 bridgehead atoms. The third-order valence-corrected chi connectivity index (χ3v) is 9.84. The molecule has 0 saturated carbocycles. The highest BCUT2D eigenvalue weighted by Crippen LogP contribution is 2.40. The Bertz CT molecular complexity index is 1360. The first-order chi connectivity index (χ1) is 23.4. The van der Waals surface area contributed by atoms with Gasteiger partial charge in [-0.2, -0.15) is 0 Å². The van der Waals surface area contributed by atoms with Gasteiger partial charge >= 0.3 is 18.5 Å². The van der Waals surface area contributed by atoms with E-state index in [9.17, 15) is 14.4 Å². The van der Waals surface area contributed by atoms with Crippen molar-refractivity contribution >= 4 is 29.4 Å². The van der Waals surface area contributed by atoms with Gasteiger partial charge in [0.15, 0.2) is 14.7 Å². The molecule has 49 heavy (non-hydrogen) atoms. The van der Waals surface area contributed by atoms with Gasteiger partial charge in [-0.05, 0) is 94.2 Å². The number of benzene rings is 3. The van der Waals surface area contributed by atoms with Crippen molar-refractivity contribution < 1.29 is 42.8 Å². The van der Waals surface area contributed by atoms with Gasteiger partial charge in [-0.1, -0.05) is 40.0 Å². The molecule has 0 radical (unpaired) electrons. The molecular weight excluding hydrogens is 644 g/mol. The fourth-order valence-electron chi connectivity index (χ4n) is 5.21. The van der Waals surface area contributed by atoms with Crippen molar-refractivity contribution in [3.63, 3.8) is 0 Å². The van der Waals surface area contributed by atoms with E-state index in [0.717, 1.165) is 86.6 Å². The third kappa shape index (κ3) is 11.2. The lowest BCUT2D eigenvalue weighted by atomic mass is 10.1. The summed E-state index contributed by atoms with van der Waals surface area (Å²) in [4.78, 5) is 40.3. The van der Waals surface area contributed by atoms with Crippen LogP contribution in [0.15, 0.2) is 51.1 Å². The summed E-state index contributed by atoms with van der Waals surface area (Å²) in [6, 6.07) is 12.1. The Hall–Kier alpha value is -4.18. The summed E-state index contributed by atoms with van der Waals surface area (Å²) in [6.45, 7) is 18.4. The fourth-order valence-corrected chi connectivity index (χ4v) is 7.80. The maximum absolute atomic E-state index is 12.4. The quantitative estimate of drug-likeness (QED) is 0.0505. The number of rotatable bonds is 15. The van der Waals surface area contributed by atoms with E-state index < -0.39 is 29.4 Å². The van der Waals surface area contributed by atoms with Crippen molar-refractivity contribution in [3.8, 4) is 17.2 Å². The van der Waals surface area contributed by atoms with Crippen LogP contribution in [0.1, 0.15) is 92.7 Å². The summed E-state index contributed by atoms with van der Waals surface area (Å²) in [5.74, 6) is 1.39. The van der Waals surface area contributed by atoms with Gasteiger partial charge in [-0.15, -0.1) is 0 Å². The van der Waals surface area contributed by atoms with Crippen molar-refractivity contribution in [2.24, 2.45) is 0 Å². The lowest BCUT2D eigenvalue weighted by molar-refractivity contribution is 0.0963. The van der Waals surface area contributed by atoms with Gasteiger partial charge in [-0.3, -0.25) is 0 Å². The number of aryl methyl sites for hydroxylation is 6. The Morgan fingerprint density at radius 3 is 0.878 bits per heavy atom. The van der Waals surface area contributed by atoms with Crippen molar-refractivity contribution in [1.29, 1.82) is 0 Å².